The zero-order valence-electron chi connectivity index (χ0n) is 11.1. The Morgan fingerprint density at radius 3 is 3.06 bits per heavy atom. The average molecular weight is 252 g/mol. The summed E-state index contributed by atoms with van der Waals surface area (Å²) < 4.78 is 5.31. The quantitative estimate of drug-likeness (QED) is 0.572. The summed E-state index contributed by atoms with van der Waals surface area (Å²) in [6.45, 7) is 6.84. The SMILES string of the molecule is C=CCOCCCC(=O)N1C2CCNCC1CC2. The van der Waals surface area contributed by atoms with E-state index in [-0.39, 0.29) is 0 Å². The first-order valence-electron chi connectivity index (χ1n) is 7.03. The molecule has 2 saturated heterocycles. The molecule has 4 heteroatoms. The molecule has 4 nitrogen and oxygen atoms in total. The lowest BCUT2D eigenvalue weighted by molar-refractivity contribution is -0.134. The van der Waals surface area contributed by atoms with Crippen molar-refractivity contribution >= 4 is 5.91 Å². The summed E-state index contributed by atoms with van der Waals surface area (Å²) in [4.78, 5) is 14.4. The van der Waals surface area contributed by atoms with Crippen LogP contribution in [0.2, 0.25) is 0 Å². The minimum Gasteiger partial charge on any atom is -0.377 e. The Kier molecular flexibility index (Phi) is 5.20. The molecule has 102 valence electrons. The molecule has 1 amide bonds. The van der Waals surface area contributed by atoms with Gasteiger partial charge in [-0.05, 0) is 32.2 Å². The summed E-state index contributed by atoms with van der Waals surface area (Å²) in [5.74, 6) is 0.313. The maximum absolute atomic E-state index is 12.3. The van der Waals surface area contributed by atoms with E-state index < -0.39 is 0 Å². The van der Waals surface area contributed by atoms with Crippen molar-refractivity contribution in [3.63, 3.8) is 0 Å². The van der Waals surface area contributed by atoms with Crippen LogP contribution in [0.4, 0.5) is 0 Å². The molecule has 2 bridgehead atoms. The fraction of sp³-hybridized carbons (Fsp3) is 0.786. The number of nitrogens with one attached hydrogen (secondary N) is 1. The van der Waals surface area contributed by atoms with Crippen molar-refractivity contribution in [1.29, 1.82) is 0 Å². The molecule has 2 unspecified atom stereocenters. The molecule has 0 saturated carbocycles. The second-order valence-electron chi connectivity index (χ2n) is 5.15. The van der Waals surface area contributed by atoms with Gasteiger partial charge in [-0.2, -0.15) is 0 Å². The van der Waals surface area contributed by atoms with Gasteiger partial charge in [-0.1, -0.05) is 6.08 Å². The van der Waals surface area contributed by atoms with Gasteiger partial charge in [0.25, 0.3) is 0 Å². The van der Waals surface area contributed by atoms with E-state index in [2.05, 4.69) is 16.8 Å². The smallest absolute Gasteiger partial charge is 0.223 e. The van der Waals surface area contributed by atoms with Gasteiger partial charge >= 0.3 is 0 Å². The fourth-order valence-electron chi connectivity index (χ4n) is 3.01. The number of ether oxygens (including phenoxy) is 1. The van der Waals surface area contributed by atoms with Crippen LogP contribution in [0.15, 0.2) is 12.7 Å². The van der Waals surface area contributed by atoms with Crippen LogP contribution in [0.5, 0.6) is 0 Å². The van der Waals surface area contributed by atoms with Gasteiger partial charge in [0.2, 0.25) is 5.91 Å². The summed E-state index contributed by atoms with van der Waals surface area (Å²) in [6.07, 6.45) is 6.62. The Bertz CT molecular complexity index is 280. The molecule has 2 aliphatic heterocycles. The van der Waals surface area contributed by atoms with Gasteiger partial charge in [0.05, 0.1) is 6.61 Å². The standard InChI is InChI=1S/C14H24N2O2/c1-2-9-18-10-3-4-14(17)16-12-5-6-13(16)11-15-8-7-12/h2,12-13,15H,1,3-11H2. The van der Waals surface area contributed by atoms with Gasteiger partial charge in [0.15, 0.2) is 0 Å². The third-order valence-electron chi connectivity index (χ3n) is 3.86. The first kappa shape index (κ1) is 13.6. The Labute approximate surface area is 109 Å². The Hall–Kier alpha value is -0.870. The van der Waals surface area contributed by atoms with E-state index in [1.165, 1.54) is 6.42 Å². The lowest BCUT2D eigenvalue weighted by atomic mass is 10.1. The van der Waals surface area contributed by atoms with E-state index in [0.717, 1.165) is 32.4 Å². The number of hydrogen-bond donors (Lipinski definition) is 1. The fourth-order valence-corrected chi connectivity index (χ4v) is 3.01. The van der Waals surface area contributed by atoms with Crippen LogP contribution >= 0.6 is 0 Å². The summed E-state index contributed by atoms with van der Waals surface area (Å²) >= 11 is 0. The third-order valence-corrected chi connectivity index (χ3v) is 3.86. The minimum absolute atomic E-state index is 0.313. The molecule has 1 N–H and O–H groups in total. The number of fused-ring (bicyclic) bond motifs is 2. The molecule has 18 heavy (non-hydrogen) atoms. The number of rotatable bonds is 6. The third kappa shape index (κ3) is 3.33. The van der Waals surface area contributed by atoms with Gasteiger partial charge in [-0.15, -0.1) is 6.58 Å². The molecule has 0 aliphatic carbocycles. The van der Waals surface area contributed by atoms with Crippen molar-refractivity contribution in [2.75, 3.05) is 26.3 Å². The Morgan fingerprint density at radius 1 is 1.39 bits per heavy atom. The highest BCUT2D eigenvalue weighted by Crippen LogP contribution is 2.28. The van der Waals surface area contributed by atoms with Gasteiger partial charge in [-0.3, -0.25) is 4.79 Å². The van der Waals surface area contributed by atoms with Crippen LogP contribution in [0.1, 0.15) is 32.1 Å². The molecule has 2 heterocycles. The highest BCUT2D eigenvalue weighted by atomic mass is 16.5. The molecule has 2 aliphatic rings. The number of nitrogens with zero attached hydrogens (tertiary/aromatic N) is 1. The molecule has 2 atom stereocenters. The molecule has 2 fully saturated rings. The number of carbonyl (C=O) groups excluding carboxylic acids is 1. The highest BCUT2D eigenvalue weighted by molar-refractivity contribution is 5.77. The van der Waals surface area contributed by atoms with E-state index in [1.54, 1.807) is 6.08 Å². The Morgan fingerprint density at radius 2 is 2.22 bits per heavy atom. The van der Waals surface area contributed by atoms with Crippen molar-refractivity contribution < 1.29 is 9.53 Å². The molecule has 0 aromatic rings. The summed E-state index contributed by atoms with van der Waals surface area (Å²) in [6, 6.07) is 0.908. The van der Waals surface area contributed by atoms with Crippen molar-refractivity contribution in [3.8, 4) is 0 Å². The summed E-state index contributed by atoms with van der Waals surface area (Å²) in [5, 5.41) is 3.42. The van der Waals surface area contributed by atoms with Crippen molar-refractivity contribution in [2.24, 2.45) is 0 Å². The Balaban J connectivity index is 1.75. The zero-order valence-corrected chi connectivity index (χ0v) is 11.1. The lowest BCUT2D eigenvalue weighted by Gasteiger charge is -2.28. The van der Waals surface area contributed by atoms with Crippen molar-refractivity contribution in [1.82, 2.24) is 10.2 Å². The second-order valence-corrected chi connectivity index (χ2v) is 5.15. The average Bonchev–Trinajstić information content (AvgIpc) is 2.62. The van der Waals surface area contributed by atoms with Crippen LogP contribution in [0, 0.1) is 0 Å². The van der Waals surface area contributed by atoms with Crippen LogP contribution in [-0.4, -0.2) is 49.2 Å². The zero-order chi connectivity index (χ0) is 12.8. The lowest BCUT2D eigenvalue weighted by Crippen LogP contribution is -2.42. The van der Waals surface area contributed by atoms with Crippen molar-refractivity contribution in [3.05, 3.63) is 12.7 Å². The predicted octanol–water partition coefficient (Wildman–Crippen LogP) is 1.32. The van der Waals surface area contributed by atoms with E-state index >= 15 is 0 Å². The van der Waals surface area contributed by atoms with Gasteiger partial charge in [0.1, 0.15) is 0 Å². The maximum Gasteiger partial charge on any atom is 0.223 e. The normalized spacial score (nSPS) is 27.0. The van der Waals surface area contributed by atoms with E-state index in [1.807, 2.05) is 0 Å². The first-order chi connectivity index (χ1) is 8.83. The largest absolute Gasteiger partial charge is 0.377 e. The molecule has 0 radical (unpaired) electrons. The van der Waals surface area contributed by atoms with Crippen LogP contribution in [0.25, 0.3) is 0 Å². The highest BCUT2D eigenvalue weighted by Gasteiger charge is 2.37. The number of hydrogen-bond acceptors (Lipinski definition) is 3. The molecule has 0 aromatic heterocycles. The molecular formula is C14H24N2O2. The minimum atomic E-state index is 0.313. The second kappa shape index (κ2) is 6.90. The molecular weight excluding hydrogens is 228 g/mol. The summed E-state index contributed by atoms with van der Waals surface area (Å²) in [7, 11) is 0. The summed E-state index contributed by atoms with van der Waals surface area (Å²) in [5.41, 5.74) is 0. The molecule has 0 aromatic carbocycles. The van der Waals surface area contributed by atoms with E-state index in [4.69, 9.17) is 4.74 Å². The van der Waals surface area contributed by atoms with Gasteiger partial charge in [0, 0.05) is 31.7 Å². The maximum atomic E-state index is 12.3. The predicted molar refractivity (Wildman–Crippen MR) is 71.4 cm³/mol. The van der Waals surface area contributed by atoms with E-state index in [0.29, 0.717) is 37.6 Å². The van der Waals surface area contributed by atoms with Gasteiger partial charge < -0.3 is 15.0 Å². The molecule has 2 rings (SSSR count). The number of carbonyl (C=O) groups is 1. The monoisotopic (exact) mass is 252 g/mol. The van der Waals surface area contributed by atoms with Gasteiger partial charge in [-0.25, -0.2) is 0 Å². The topological polar surface area (TPSA) is 41.6 Å². The van der Waals surface area contributed by atoms with E-state index in [9.17, 15) is 4.79 Å². The molecule has 0 spiro atoms. The van der Waals surface area contributed by atoms with Crippen LogP contribution in [-0.2, 0) is 9.53 Å². The first-order valence-corrected chi connectivity index (χ1v) is 7.03. The number of amides is 1. The van der Waals surface area contributed by atoms with Crippen LogP contribution in [0.3, 0.4) is 0 Å². The van der Waals surface area contributed by atoms with Crippen LogP contribution < -0.4 is 5.32 Å². The van der Waals surface area contributed by atoms with Crippen molar-refractivity contribution in [2.45, 2.75) is 44.2 Å².